The van der Waals surface area contributed by atoms with E-state index in [1.165, 1.54) is 0 Å². The maximum absolute atomic E-state index is 10.2. The second-order valence-corrected chi connectivity index (χ2v) is 2.63. The zero-order valence-corrected chi connectivity index (χ0v) is 6.72. The smallest absolute Gasteiger partial charge is 0.151 e. The van der Waals surface area contributed by atoms with Gasteiger partial charge in [0.15, 0.2) is 6.29 Å². The predicted octanol–water partition coefficient (Wildman–Crippen LogP) is 1.59. The Morgan fingerprint density at radius 1 is 1.70 bits per heavy atom. The molecule has 59 valence electrons. The molecule has 1 radical (unpaired) electrons. The van der Waals surface area contributed by atoms with Crippen molar-refractivity contribution in [2.75, 3.05) is 6.61 Å². The first-order valence-electron chi connectivity index (χ1n) is 3.58. The molecular weight excluding hydrogens is 128 g/mol. The SMILES string of the molecule is [CH2]C(C)(C=O)OCCCC. The van der Waals surface area contributed by atoms with Crippen molar-refractivity contribution in [3.05, 3.63) is 6.92 Å². The summed E-state index contributed by atoms with van der Waals surface area (Å²) in [4.78, 5) is 10.2. The van der Waals surface area contributed by atoms with Crippen LogP contribution in [0.5, 0.6) is 0 Å². The van der Waals surface area contributed by atoms with Gasteiger partial charge in [0, 0.05) is 6.61 Å². The Balaban J connectivity index is 3.37. The van der Waals surface area contributed by atoms with E-state index >= 15 is 0 Å². The first-order chi connectivity index (χ1) is 4.62. The van der Waals surface area contributed by atoms with E-state index in [1.54, 1.807) is 6.92 Å². The van der Waals surface area contributed by atoms with Gasteiger partial charge in [-0.3, -0.25) is 0 Å². The minimum absolute atomic E-state index is 0.620. The standard InChI is InChI=1S/C8H15O2/c1-4-5-6-10-8(2,3)7-9/h7H,2,4-6H2,1,3H3. The minimum Gasteiger partial charge on any atom is -0.368 e. The van der Waals surface area contributed by atoms with Crippen LogP contribution < -0.4 is 0 Å². The van der Waals surface area contributed by atoms with Crippen LogP contribution in [0.3, 0.4) is 0 Å². The molecule has 2 nitrogen and oxygen atoms in total. The normalized spacial score (nSPS) is 11.5. The van der Waals surface area contributed by atoms with Crippen LogP contribution in [0.25, 0.3) is 0 Å². The third-order valence-corrected chi connectivity index (χ3v) is 1.18. The van der Waals surface area contributed by atoms with E-state index in [4.69, 9.17) is 4.74 Å². The van der Waals surface area contributed by atoms with Crippen LogP contribution in [0.4, 0.5) is 0 Å². The molecular formula is C8H15O2. The third kappa shape index (κ3) is 4.50. The summed E-state index contributed by atoms with van der Waals surface area (Å²) < 4.78 is 5.14. The number of rotatable bonds is 5. The average molecular weight is 143 g/mol. The number of carbonyl (C=O) groups is 1. The number of ether oxygens (including phenoxy) is 1. The van der Waals surface area contributed by atoms with Crippen molar-refractivity contribution < 1.29 is 9.53 Å². The second kappa shape index (κ2) is 4.45. The van der Waals surface area contributed by atoms with Crippen LogP contribution in [0.2, 0.25) is 0 Å². The average Bonchev–Trinajstić information content (AvgIpc) is 1.89. The molecule has 0 aliphatic heterocycles. The number of hydrogen-bond donors (Lipinski definition) is 0. The lowest BCUT2D eigenvalue weighted by atomic mass is 10.2. The van der Waals surface area contributed by atoms with Crippen molar-refractivity contribution >= 4 is 6.29 Å². The lowest BCUT2D eigenvalue weighted by Gasteiger charge is -2.16. The Hall–Kier alpha value is -0.370. The first kappa shape index (κ1) is 9.63. The highest BCUT2D eigenvalue weighted by Gasteiger charge is 2.15. The van der Waals surface area contributed by atoms with Gasteiger partial charge in [-0.15, -0.1) is 0 Å². The summed E-state index contributed by atoms with van der Waals surface area (Å²) in [6.07, 6.45) is 2.79. The monoisotopic (exact) mass is 143 g/mol. The van der Waals surface area contributed by atoms with Crippen LogP contribution in [0.15, 0.2) is 0 Å². The molecule has 0 aromatic carbocycles. The van der Waals surface area contributed by atoms with E-state index in [1.807, 2.05) is 0 Å². The fourth-order valence-corrected chi connectivity index (χ4v) is 0.484. The lowest BCUT2D eigenvalue weighted by molar-refractivity contribution is -0.124. The Bertz CT molecular complexity index is 97.4. The van der Waals surface area contributed by atoms with Crippen molar-refractivity contribution in [1.29, 1.82) is 0 Å². The van der Waals surface area contributed by atoms with Crippen LogP contribution in [0.1, 0.15) is 26.7 Å². The quantitative estimate of drug-likeness (QED) is 0.431. The van der Waals surface area contributed by atoms with Crippen molar-refractivity contribution in [1.82, 2.24) is 0 Å². The van der Waals surface area contributed by atoms with E-state index in [2.05, 4.69) is 13.8 Å². The largest absolute Gasteiger partial charge is 0.368 e. The zero-order valence-electron chi connectivity index (χ0n) is 6.72. The summed E-state index contributed by atoms with van der Waals surface area (Å²) in [6, 6.07) is 0. The Morgan fingerprint density at radius 3 is 2.70 bits per heavy atom. The molecule has 0 rings (SSSR count). The van der Waals surface area contributed by atoms with Gasteiger partial charge in [0.05, 0.1) is 0 Å². The molecule has 0 heterocycles. The molecule has 0 saturated heterocycles. The van der Waals surface area contributed by atoms with Crippen LogP contribution >= 0.6 is 0 Å². The Morgan fingerprint density at radius 2 is 2.30 bits per heavy atom. The molecule has 0 aliphatic carbocycles. The summed E-state index contributed by atoms with van der Waals surface area (Å²) in [6.45, 7) is 7.93. The fourth-order valence-electron chi connectivity index (χ4n) is 0.484. The molecule has 0 N–H and O–H groups in total. The summed E-state index contributed by atoms with van der Waals surface area (Å²) in [5, 5.41) is 0. The van der Waals surface area contributed by atoms with E-state index in [-0.39, 0.29) is 0 Å². The van der Waals surface area contributed by atoms with Gasteiger partial charge in [0.25, 0.3) is 0 Å². The molecule has 0 spiro atoms. The van der Waals surface area contributed by atoms with Crippen molar-refractivity contribution in [2.24, 2.45) is 0 Å². The highest BCUT2D eigenvalue weighted by molar-refractivity contribution is 5.62. The topological polar surface area (TPSA) is 26.3 Å². The van der Waals surface area contributed by atoms with E-state index in [9.17, 15) is 4.79 Å². The van der Waals surface area contributed by atoms with Gasteiger partial charge in [-0.2, -0.15) is 0 Å². The van der Waals surface area contributed by atoms with Gasteiger partial charge < -0.3 is 9.53 Å². The third-order valence-electron chi connectivity index (χ3n) is 1.18. The highest BCUT2D eigenvalue weighted by Crippen LogP contribution is 2.04. The number of aldehydes is 1. The fraction of sp³-hybridized carbons (Fsp3) is 0.750. The molecule has 1 unspecified atom stereocenters. The molecule has 0 aliphatic rings. The van der Waals surface area contributed by atoms with Crippen molar-refractivity contribution in [3.8, 4) is 0 Å². The molecule has 0 aromatic rings. The zero-order chi connectivity index (χ0) is 8.04. The van der Waals surface area contributed by atoms with E-state index in [0.717, 1.165) is 19.1 Å². The molecule has 0 fully saturated rings. The minimum atomic E-state index is -0.838. The second-order valence-electron chi connectivity index (χ2n) is 2.63. The molecule has 10 heavy (non-hydrogen) atoms. The predicted molar refractivity (Wildman–Crippen MR) is 40.7 cm³/mol. The molecule has 2 heteroatoms. The molecule has 0 amide bonds. The van der Waals surface area contributed by atoms with Crippen molar-refractivity contribution in [2.45, 2.75) is 32.3 Å². The van der Waals surface area contributed by atoms with Crippen molar-refractivity contribution in [3.63, 3.8) is 0 Å². The summed E-state index contributed by atoms with van der Waals surface area (Å²) in [5.41, 5.74) is -0.838. The van der Waals surface area contributed by atoms with Gasteiger partial charge in [0.1, 0.15) is 5.60 Å². The Kier molecular flexibility index (Phi) is 4.28. The van der Waals surface area contributed by atoms with Gasteiger partial charge >= 0.3 is 0 Å². The molecule has 0 saturated carbocycles. The lowest BCUT2D eigenvalue weighted by Crippen LogP contribution is -2.26. The Labute approximate surface area is 62.6 Å². The van der Waals surface area contributed by atoms with Crippen LogP contribution in [0, 0.1) is 6.92 Å². The maximum Gasteiger partial charge on any atom is 0.151 e. The summed E-state index contributed by atoms with van der Waals surface area (Å²) in [7, 11) is 0. The number of unbranched alkanes of at least 4 members (excludes halogenated alkanes) is 1. The van der Waals surface area contributed by atoms with Gasteiger partial charge in [-0.25, -0.2) is 0 Å². The van der Waals surface area contributed by atoms with Gasteiger partial charge in [0.2, 0.25) is 0 Å². The molecule has 0 aromatic heterocycles. The molecule has 0 bridgehead atoms. The van der Waals surface area contributed by atoms with E-state index < -0.39 is 5.60 Å². The van der Waals surface area contributed by atoms with Crippen LogP contribution in [-0.4, -0.2) is 18.5 Å². The van der Waals surface area contributed by atoms with E-state index in [0.29, 0.717) is 6.61 Å². The first-order valence-corrected chi connectivity index (χ1v) is 3.58. The summed E-state index contributed by atoms with van der Waals surface area (Å²) in [5.74, 6) is 0. The number of carbonyl (C=O) groups excluding carboxylic acids is 1. The van der Waals surface area contributed by atoms with Crippen LogP contribution in [-0.2, 0) is 9.53 Å². The summed E-state index contributed by atoms with van der Waals surface area (Å²) >= 11 is 0. The highest BCUT2D eigenvalue weighted by atomic mass is 16.5. The number of hydrogen-bond acceptors (Lipinski definition) is 2. The van der Waals surface area contributed by atoms with Gasteiger partial charge in [-0.05, 0) is 20.3 Å². The maximum atomic E-state index is 10.2. The molecule has 1 atom stereocenters. The van der Waals surface area contributed by atoms with Gasteiger partial charge in [-0.1, -0.05) is 13.3 Å².